The summed E-state index contributed by atoms with van der Waals surface area (Å²) >= 11 is 0. The van der Waals surface area contributed by atoms with E-state index < -0.39 is 17.9 Å². The number of carboxylic acid groups (broad SMARTS) is 1. The van der Waals surface area contributed by atoms with Crippen LogP contribution in [0.3, 0.4) is 0 Å². The Bertz CT molecular complexity index is 1100. The maximum atomic E-state index is 12.5. The Kier molecular flexibility index (Phi) is 9.60. The predicted octanol–water partition coefficient (Wildman–Crippen LogP) is 5.02. The number of carboxylic acids is 1. The maximum absolute atomic E-state index is 12.5. The van der Waals surface area contributed by atoms with Gasteiger partial charge in [0.2, 0.25) is 5.91 Å². The molecule has 0 aliphatic carbocycles. The van der Waals surface area contributed by atoms with Crippen molar-refractivity contribution in [2.75, 3.05) is 0 Å². The molecular weight excluding hydrogens is 442 g/mol. The van der Waals surface area contributed by atoms with Crippen molar-refractivity contribution < 1.29 is 24.2 Å². The zero-order valence-corrected chi connectivity index (χ0v) is 19.9. The molecule has 0 bridgehead atoms. The number of carbonyl (C=O) groups is 3. The van der Waals surface area contributed by atoms with Gasteiger partial charge >= 0.3 is 11.9 Å². The lowest BCUT2D eigenvalue weighted by atomic mass is 9.95. The molecule has 0 saturated heterocycles. The number of rotatable bonds is 12. The lowest BCUT2D eigenvalue weighted by molar-refractivity contribution is -0.146. The SMILES string of the molecule is C[C@H](C[C@@H](Cc1ccc(-c2ccccc2)cc1)NC(=O)CCC(=O)OCc1ccccc1)C(=O)O. The van der Waals surface area contributed by atoms with Gasteiger partial charge in [-0.05, 0) is 35.1 Å². The first-order valence-corrected chi connectivity index (χ1v) is 11.8. The van der Waals surface area contributed by atoms with Crippen LogP contribution < -0.4 is 5.32 Å². The number of hydrogen-bond acceptors (Lipinski definition) is 4. The minimum Gasteiger partial charge on any atom is -0.481 e. The summed E-state index contributed by atoms with van der Waals surface area (Å²) in [5.74, 6) is -2.27. The van der Waals surface area contributed by atoms with Crippen molar-refractivity contribution in [1.82, 2.24) is 5.32 Å². The molecule has 2 atom stereocenters. The summed E-state index contributed by atoms with van der Waals surface area (Å²) in [6, 6.07) is 27.0. The van der Waals surface area contributed by atoms with Gasteiger partial charge in [-0.15, -0.1) is 0 Å². The molecule has 0 aromatic heterocycles. The first-order chi connectivity index (χ1) is 16.9. The van der Waals surface area contributed by atoms with Crippen molar-refractivity contribution in [3.05, 3.63) is 96.1 Å². The summed E-state index contributed by atoms with van der Waals surface area (Å²) in [5, 5.41) is 12.3. The Balaban J connectivity index is 1.54. The molecule has 0 unspecified atom stereocenters. The lowest BCUT2D eigenvalue weighted by Crippen LogP contribution is -2.38. The Morgan fingerprint density at radius 1 is 0.800 bits per heavy atom. The van der Waals surface area contributed by atoms with E-state index in [1.54, 1.807) is 6.92 Å². The van der Waals surface area contributed by atoms with Crippen molar-refractivity contribution in [3.63, 3.8) is 0 Å². The number of nitrogens with one attached hydrogen (secondary N) is 1. The lowest BCUT2D eigenvalue weighted by Gasteiger charge is -2.21. The van der Waals surface area contributed by atoms with Crippen LogP contribution in [0.4, 0.5) is 0 Å². The van der Waals surface area contributed by atoms with Gasteiger partial charge < -0.3 is 15.2 Å². The van der Waals surface area contributed by atoms with Gasteiger partial charge in [-0.2, -0.15) is 0 Å². The van der Waals surface area contributed by atoms with Gasteiger partial charge in [-0.3, -0.25) is 14.4 Å². The second kappa shape index (κ2) is 13.1. The van der Waals surface area contributed by atoms with Crippen LogP contribution in [0.1, 0.15) is 37.3 Å². The molecule has 182 valence electrons. The molecule has 0 aliphatic heterocycles. The molecule has 3 aromatic carbocycles. The van der Waals surface area contributed by atoms with E-state index in [0.29, 0.717) is 12.8 Å². The van der Waals surface area contributed by atoms with Gasteiger partial charge in [-0.25, -0.2) is 0 Å². The molecule has 1 amide bonds. The first kappa shape index (κ1) is 25.7. The topological polar surface area (TPSA) is 92.7 Å². The second-order valence-corrected chi connectivity index (χ2v) is 8.65. The van der Waals surface area contributed by atoms with Gasteiger partial charge in [0, 0.05) is 12.5 Å². The monoisotopic (exact) mass is 473 g/mol. The van der Waals surface area contributed by atoms with Crippen molar-refractivity contribution in [2.24, 2.45) is 5.92 Å². The standard InChI is InChI=1S/C29H31NO5/c1-21(29(33)34)18-26(19-22-12-14-25(15-13-22)24-10-6-3-7-11-24)30-27(31)16-17-28(32)35-20-23-8-4-2-5-9-23/h2-15,21,26H,16-20H2,1H3,(H,30,31)(H,33,34)/t21-,26+/m1/s1. The number of ether oxygens (including phenoxy) is 1. The highest BCUT2D eigenvalue weighted by Crippen LogP contribution is 2.20. The number of carbonyl (C=O) groups excluding carboxylic acids is 2. The Morgan fingerprint density at radius 2 is 1.40 bits per heavy atom. The molecule has 2 N–H and O–H groups in total. The van der Waals surface area contributed by atoms with Crippen LogP contribution in [0.2, 0.25) is 0 Å². The number of amides is 1. The molecule has 6 nitrogen and oxygen atoms in total. The number of esters is 1. The van der Waals surface area contributed by atoms with Crippen LogP contribution in [0.25, 0.3) is 11.1 Å². The molecular formula is C29H31NO5. The van der Waals surface area contributed by atoms with Crippen LogP contribution in [0, 0.1) is 5.92 Å². The fourth-order valence-electron chi connectivity index (χ4n) is 3.79. The highest BCUT2D eigenvalue weighted by atomic mass is 16.5. The van der Waals surface area contributed by atoms with Gasteiger partial charge in [0.1, 0.15) is 6.61 Å². The van der Waals surface area contributed by atoms with E-state index in [-0.39, 0.29) is 31.4 Å². The Hall–Kier alpha value is -3.93. The molecule has 0 radical (unpaired) electrons. The molecule has 0 fully saturated rings. The van der Waals surface area contributed by atoms with E-state index in [1.807, 2.05) is 84.9 Å². The molecule has 0 saturated carbocycles. The molecule has 3 aromatic rings. The predicted molar refractivity (Wildman–Crippen MR) is 134 cm³/mol. The van der Waals surface area contributed by atoms with Crippen molar-refractivity contribution >= 4 is 17.8 Å². The quantitative estimate of drug-likeness (QED) is 0.361. The fraction of sp³-hybridized carbons (Fsp3) is 0.276. The van der Waals surface area contributed by atoms with Crippen LogP contribution in [-0.4, -0.2) is 29.0 Å². The van der Waals surface area contributed by atoms with Gasteiger partial charge in [0.05, 0.1) is 12.3 Å². The van der Waals surface area contributed by atoms with E-state index in [0.717, 1.165) is 22.3 Å². The van der Waals surface area contributed by atoms with E-state index in [2.05, 4.69) is 5.32 Å². The van der Waals surface area contributed by atoms with Gasteiger partial charge in [-0.1, -0.05) is 91.9 Å². The summed E-state index contributed by atoms with van der Waals surface area (Å²) < 4.78 is 5.23. The average Bonchev–Trinajstić information content (AvgIpc) is 2.87. The first-order valence-electron chi connectivity index (χ1n) is 11.8. The molecule has 6 heteroatoms. The largest absolute Gasteiger partial charge is 0.481 e. The smallest absolute Gasteiger partial charge is 0.306 e. The van der Waals surface area contributed by atoms with E-state index >= 15 is 0 Å². The van der Waals surface area contributed by atoms with E-state index in [4.69, 9.17) is 4.74 Å². The normalized spacial score (nSPS) is 12.4. The van der Waals surface area contributed by atoms with Crippen molar-refractivity contribution in [2.45, 2.75) is 45.3 Å². The highest BCUT2D eigenvalue weighted by Gasteiger charge is 2.21. The zero-order chi connectivity index (χ0) is 25.0. The minimum absolute atomic E-state index is 0.0154. The molecule has 35 heavy (non-hydrogen) atoms. The molecule has 3 rings (SSSR count). The van der Waals surface area contributed by atoms with E-state index in [9.17, 15) is 19.5 Å². The van der Waals surface area contributed by atoms with Crippen LogP contribution in [0.15, 0.2) is 84.9 Å². The highest BCUT2D eigenvalue weighted by molar-refractivity contribution is 5.81. The van der Waals surface area contributed by atoms with Crippen LogP contribution >= 0.6 is 0 Å². The number of hydrogen-bond donors (Lipinski definition) is 2. The summed E-state index contributed by atoms with van der Waals surface area (Å²) in [6.07, 6.45) is 0.737. The van der Waals surface area contributed by atoms with Crippen LogP contribution in [-0.2, 0) is 32.1 Å². The number of benzene rings is 3. The third-order valence-corrected chi connectivity index (χ3v) is 5.77. The summed E-state index contributed by atoms with van der Waals surface area (Å²) in [4.78, 5) is 36.0. The van der Waals surface area contributed by atoms with E-state index in [1.165, 1.54) is 0 Å². The molecule has 0 spiro atoms. The summed E-state index contributed by atoms with van der Waals surface area (Å²) in [6.45, 7) is 1.79. The van der Waals surface area contributed by atoms with Crippen molar-refractivity contribution in [1.29, 1.82) is 0 Å². The van der Waals surface area contributed by atoms with Crippen molar-refractivity contribution in [3.8, 4) is 11.1 Å². The molecule has 0 heterocycles. The maximum Gasteiger partial charge on any atom is 0.306 e. The summed E-state index contributed by atoms with van der Waals surface area (Å²) in [7, 11) is 0. The third-order valence-electron chi connectivity index (χ3n) is 5.77. The Morgan fingerprint density at radius 3 is 2.03 bits per heavy atom. The van der Waals surface area contributed by atoms with Gasteiger partial charge in [0.25, 0.3) is 0 Å². The fourth-order valence-corrected chi connectivity index (χ4v) is 3.79. The average molecular weight is 474 g/mol. The molecule has 0 aliphatic rings. The third kappa shape index (κ3) is 8.74. The van der Waals surface area contributed by atoms with Gasteiger partial charge in [0.15, 0.2) is 0 Å². The zero-order valence-electron chi connectivity index (χ0n) is 19.9. The van der Waals surface area contributed by atoms with Crippen LogP contribution in [0.5, 0.6) is 0 Å². The Labute approximate surface area is 206 Å². The minimum atomic E-state index is -0.909. The summed E-state index contributed by atoms with van der Waals surface area (Å²) in [5.41, 5.74) is 4.08. The second-order valence-electron chi connectivity index (χ2n) is 8.65. The number of aliphatic carboxylic acids is 1.